The van der Waals surface area contributed by atoms with Crippen LogP contribution in [0.5, 0.6) is 0 Å². The molecule has 606 valence electrons. The van der Waals surface area contributed by atoms with Crippen molar-refractivity contribution in [1.29, 1.82) is 0 Å². The van der Waals surface area contributed by atoms with Crippen molar-refractivity contribution in [2.24, 2.45) is 0 Å². The van der Waals surface area contributed by atoms with Crippen LogP contribution in [0, 0.1) is 0 Å². The monoisotopic (exact) mass is 1490 g/mol. The van der Waals surface area contributed by atoms with E-state index >= 15 is 0 Å². The van der Waals surface area contributed by atoms with E-state index in [-0.39, 0.29) is 25.7 Å². The highest BCUT2D eigenvalue weighted by Crippen LogP contribution is 2.45. The first-order valence-electron chi connectivity index (χ1n) is 43.3. The Labute approximate surface area is 626 Å². The van der Waals surface area contributed by atoms with Crippen LogP contribution in [0.4, 0.5) is 0 Å². The van der Waals surface area contributed by atoms with Gasteiger partial charge in [0.15, 0.2) is 12.2 Å². The van der Waals surface area contributed by atoms with Gasteiger partial charge in [-0.25, -0.2) is 9.13 Å². The van der Waals surface area contributed by atoms with Crippen LogP contribution in [0.3, 0.4) is 0 Å². The van der Waals surface area contributed by atoms with Crippen molar-refractivity contribution in [1.82, 2.24) is 0 Å². The minimum atomic E-state index is -4.96. The van der Waals surface area contributed by atoms with Gasteiger partial charge in [0, 0.05) is 25.7 Å². The van der Waals surface area contributed by atoms with Gasteiger partial charge in [-0.3, -0.25) is 37.3 Å². The predicted octanol–water partition coefficient (Wildman–Crippen LogP) is 25.4. The second-order valence-electron chi connectivity index (χ2n) is 29.9. The van der Waals surface area contributed by atoms with E-state index in [9.17, 15) is 43.2 Å². The van der Waals surface area contributed by atoms with Crippen LogP contribution < -0.4 is 0 Å². The van der Waals surface area contributed by atoms with Crippen LogP contribution in [0.25, 0.3) is 0 Å². The maximum Gasteiger partial charge on any atom is 0.472 e. The average molecular weight is 1490 g/mol. The average Bonchev–Trinajstić information content (AvgIpc) is 0.959. The lowest BCUT2D eigenvalue weighted by Crippen LogP contribution is -2.30. The molecule has 0 bridgehead atoms. The van der Waals surface area contributed by atoms with Gasteiger partial charge in [0.1, 0.15) is 19.3 Å². The van der Waals surface area contributed by atoms with Crippen molar-refractivity contribution >= 4 is 39.5 Å². The minimum Gasteiger partial charge on any atom is -0.462 e. The molecule has 0 rings (SSSR count). The maximum atomic E-state index is 13.1. The molecule has 17 nitrogen and oxygen atoms in total. The van der Waals surface area contributed by atoms with Gasteiger partial charge in [-0.15, -0.1) is 0 Å². The smallest absolute Gasteiger partial charge is 0.462 e. The van der Waals surface area contributed by atoms with Crippen LogP contribution in [0.1, 0.15) is 451 Å². The van der Waals surface area contributed by atoms with Crippen LogP contribution in [0.2, 0.25) is 0 Å². The molecule has 0 aliphatic carbocycles. The Morgan fingerprint density at radius 3 is 0.578 bits per heavy atom. The summed E-state index contributed by atoms with van der Waals surface area (Å²) >= 11 is 0. The minimum absolute atomic E-state index is 0.109. The zero-order chi connectivity index (χ0) is 74.6. The van der Waals surface area contributed by atoms with E-state index in [1.54, 1.807) is 0 Å². The van der Waals surface area contributed by atoms with E-state index in [0.717, 1.165) is 89.9 Å². The summed E-state index contributed by atoms with van der Waals surface area (Å²) in [7, 11) is -9.92. The summed E-state index contributed by atoms with van der Waals surface area (Å²) in [6.07, 6.45) is 70.6. The summed E-state index contributed by atoms with van der Waals surface area (Å²) in [4.78, 5) is 73.2. The van der Waals surface area contributed by atoms with Crippen molar-refractivity contribution in [2.75, 3.05) is 39.6 Å². The standard InChI is InChI=1S/C83H162O17P2/c1-5-9-13-17-21-25-29-33-36-38-41-45-48-52-56-60-64-68-81(86)94-74-79(100-83(88)70-66-62-58-54-50-46-42-39-37-34-30-26-22-18-14-10-6-2)76-98-102(91,92)96-72-77(84)71-95-101(89,90)97-75-78(99-82(87)69-65-61-57-53-49-43-32-28-24-20-16-12-8-4)73-93-80(85)67-63-59-55-51-47-44-40-35-31-27-23-19-15-11-7-3/h77-79,84H,5-76H2,1-4H3,(H,89,90)(H,91,92)/t77-,78+,79+/m0/s1. The molecule has 0 spiro atoms. The van der Waals surface area contributed by atoms with E-state index < -0.39 is 97.5 Å². The van der Waals surface area contributed by atoms with E-state index in [1.165, 1.54) is 283 Å². The van der Waals surface area contributed by atoms with Gasteiger partial charge >= 0.3 is 39.5 Å². The molecule has 0 heterocycles. The lowest BCUT2D eigenvalue weighted by Gasteiger charge is -2.21. The summed E-state index contributed by atoms with van der Waals surface area (Å²) < 4.78 is 68.8. The summed E-state index contributed by atoms with van der Waals surface area (Å²) in [6, 6.07) is 0. The molecule has 2 unspecified atom stereocenters. The van der Waals surface area contributed by atoms with Crippen LogP contribution in [-0.2, 0) is 65.4 Å². The van der Waals surface area contributed by atoms with Crippen LogP contribution >= 0.6 is 15.6 Å². The van der Waals surface area contributed by atoms with Crippen molar-refractivity contribution in [3.8, 4) is 0 Å². The molecule has 0 aromatic heterocycles. The third-order valence-electron chi connectivity index (χ3n) is 19.6. The van der Waals surface area contributed by atoms with Gasteiger partial charge in [-0.05, 0) is 25.7 Å². The first kappa shape index (κ1) is 100. The number of carbonyl (C=O) groups excluding carboxylic acids is 4. The van der Waals surface area contributed by atoms with E-state index in [4.69, 9.17) is 37.0 Å². The van der Waals surface area contributed by atoms with E-state index in [1.807, 2.05) is 0 Å². The topological polar surface area (TPSA) is 237 Å². The zero-order valence-electron chi connectivity index (χ0n) is 66.6. The van der Waals surface area contributed by atoms with Crippen LogP contribution in [0.15, 0.2) is 0 Å². The van der Waals surface area contributed by atoms with Crippen molar-refractivity contribution in [2.45, 2.75) is 470 Å². The van der Waals surface area contributed by atoms with Gasteiger partial charge in [-0.2, -0.15) is 0 Å². The third-order valence-corrected chi connectivity index (χ3v) is 21.5. The Balaban J connectivity index is 5.26. The number of ether oxygens (including phenoxy) is 4. The zero-order valence-corrected chi connectivity index (χ0v) is 68.4. The van der Waals surface area contributed by atoms with Crippen molar-refractivity contribution < 1.29 is 80.2 Å². The molecule has 0 saturated heterocycles. The number of aliphatic hydroxyl groups is 1. The molecule has 0 radical (unpaired) electrons. The van der Waals surface area contributed by atoms with Gasteiger partial charge in [0.2, 0.25) is 0 Å². The fourth-order valence-corrected chi connectivity index (χ4v) is 14.6. The SMILES string of the molecule is CCCCCCCCCCCCCCCCCCCC(=O)OC[C@H](COP(=O)(O)OC[C@@H](O)COP(=O)(O)OC[C@@H](COC(=O)CCCCCCCCCCCCCCCCC)OC(=O)CCCCCCCCCCCCCCC)OC(=O)CCCCCCCCCCCCCCCCCCC. The van der Waals surface area contributed by atoms with Crippen molar-refractivity contribution in [3.63, 3.8) is 0 Å². The van der Waals surface area contributed by atoms with Gasteiger partial charge in [0.25, 0.3) is 0 Å². The molecule has 0 aliphatic rings. The maximum absolute atomic E-state index is 13.1. The fourth-order valence-electron chi connectivity index (χ4n) is 13.0. The summed E-state index contributed by atoms with van der Waals surface area (Å²) in [5, 5.41) is 10.7. The first-order chi connectivity index (χ1) is 49.7. The van der Waals surface area contributed by atoms with Gasteiger partial charge < -0.3 is 33.8 Å². The van der Waals surface area contributed by atoms with Gasteiger partial charge in [-0.1, -0.05) is 400 Å². The first-order valence-corrected chi connectivity index (χ1v) is 46.3. The highest BCUT2D eigenvalue weighted by Gasteiger charge is 2.30. The molecule has 0 saturated carbocycles. The number of aliphatic hydroxyl groups excluding tert-OH is 1. The van der Waals surface area contributed by atoms with Gasteiger partial charge in [0.05, 0.1) is 26.4 Å². The quantitative estimate of drug-likeness (QED) is 0.0222. The Morgan fingerprint density at radius 2 is 0.392 bits per heavy atom. The molecule has 5 atom stereocenters. The number of carbonyl (C=O) groups is 4. The Hall–Kier alpha value is -1.94. The lowest BCUT2D eigenvalue weighted by atomic mass is 10.0. The van der Waals surface area contributed by atoms with E-state index in [2.05, 4.69) is 27.7 Å². The second-order valence-corrected chi connectivity index (χ2v) is 32.8. The molecule has 0 aliphatic heterocycles. The largest absolute Gasteiger partial charge is 0.472 e. The molecule has 0 fully saturated rings. The molecule has 102 heavy (non-hydrogen) atoms. The predicted molar refractivity (Wildman–Crippen MR) is 419 cm³/mol. The molecular formula is C83H162O17P2. The molecule has 0 amide bonds. The molecule has 3 N–H and O–H groups in total. The van der Waals surface area contributed by atoms with Crippen LogP contribution in [-0.4, -0.2) is 96.7 Å². The lowest BCUT2D eigenvalue weighted by molar-refractivity contribution is -0.161. The Bertz CT molecular complexity index is 1930. The number of phosphoric ester groups is 2. The fraction of sp³-hybridized carbons (Fsp3) is 0.952. The Morgan fingerprint density at radius 1 is 0.235 bits per heavy atom. The summed E-state index contributed by atoms with van der Waals surface area (Å²) in [5.41, 5.74) is 0. The number of hydrogen-bond donors (Lipinski definition) is 3. The molecule has 19 heteroatoms. The normalized spacial score (nSPS) is 13.8. The molecule has 0 aromatic rings. The number of unbranched alkanes of at least 4 members (excludes halogenated alkanes) is 58. The summed E-state index contributed by atoms with van der Waals surface area (Å²) in [5.74, 6) is -2.10. The highest BCUT2D eigenvalue weighted by molar-refractivity contribution is 7.47. The number of esters is 4. The highest BCUT2D eigenvalue weighted by atomic mass is 31.2. The summed E-state index contributed by atoms with van der Waals surface area (Å²) in [6.45, 7) is 5.05. The second kappa shape index (κ2) is 77.2. The Kier molecular flexibility index (Phi) is 75.8. The third kappa shape index (κ3) is 76.3. The number of hydrogen-bond acceptors (Lipinski definition) is 15. The van der Waals surface area contributed by atoms with Crippen molar-refractivity contribution in [3.05, 3.63) is 0 Å². The molecule has 0 aromatic carbocycles. The number of phosphoric acid groups is 2. The number of rotatable bonds is 84. The molecular weight excluding hydrogens is 1330 g/mol. The van der Waals surface area contributed by atoms with E-state index in [0.29, 0.717) is 25.7 Å².